The number of nitrogens with zero attached hydrogens (tertiary/aromatic N) is 1. The predicted octanol–water partition coefficient (Wildman–Crippen LogP) is 15.2. The molecule has 0 fully saturated rings. The van der Waals surface area contributed by atoms with E-state index in [4.69, 9.17) is 0 Å². The van der Waals surface area contributed by atoms with E-state index < -0.39 is 11.9 Å². The van der Waals surface area contributed by atoms with Gasteiger partial charge in [0.25, 0.3) is 0 Å². The van der Waals surface area contributed by atoms with Crippen LogP contribution in [-0.4, -0.2) is 11.1 Å². The number of unbranched alkanes of at least 4 members (excludes halogenated alkanes) is 6. The summed E-state index contributed by atoms with van der Waals surface area (Å²) in [5.74, 6) is -1.07. The minimum Gasteiger partial charge on any atom is -0.480 e. The molecule has 51 heavy (non-hydrogen) atoms. The Kier molecular flexibility index (Phi) is 14.6. The summed E-state index contributed by atoms with van der Waals surface area (Å²) < 4.78 is 2.66. The van der Waals surface area contributed by atoms with Crippen LogP contribution in [0.5, 0.6) is 0 Å². The fourth-order valence-electron chi connectivity index (χ4n) is 6.91. The summed E-state index contributed by atoms with van der Waals surface area (Å²) in [4.78, 5) is 19.8. The first-order chi connectivity index (χ1) is 24.7. The summed E-state index contributed by atoms with van der Waals surface area (Å²) in [5, 5.41) is 18.8. The molecule has 5 rings (SSSR count). The van der Waals surface area contributed by atoms with Crippen molar-refractivity contribution >= 4 is 72.4 Å². The maximum Gasteiger partial charge on any atom is 0.321 e. The molecule has 0 bridgehead atoms. The van der Waals surface area contributed by atoms with Gasteiger partial charge in [0.15, 0.2) is 0 Å². The second-order valence-corrected chi connectivity index (χ2v) is 18.7. The second-order valence-electron chi connectivity index (χ2n) is 14.5. The van der Waals surface area contributed by atoms with Crippen LogP contribution in [-0.2, 0) is 17.6 Å². The highest BCUT2D eigenvalue weighted by Gasteiger charge is 2.24. The average molecular weight is 758 g/mol. The number of hydrogen-bond acceptors (Lipinski definition) is 6. The lowest BCUT2D eigenvalue weighted by molar-refractivity contribution is -0.139. The number of carbonyl (C=O) groups is 1. The molecule has 3 nitrogen and oxygen atoms in total. The molecule has 0 aliphatic heterocycles. The summed E-state index contributed by atoms with van der Waals surface area (Å²) in [7, 11) is 0. The van der Waals surface area contributed by atoms with Crippen LogP contribution >= 0.6 is 45.3 Å². The Morgan fingerprint density at radius 1 is 0.922 bits per heavy atom. The SMILES string of the molecule is CCCCCCc1cc(-c2sc(-c3cc4sc(/C=C(\C)CC(C#N)C(=O)O)c(C(C)CC)c4s3)cc2CCCCCC)sc1C1=CCC(C)C=C1. The van der Waals surface area contributed by atoms with E-state index in [0.29, 0.717) is 11.8 Å². The van der Waals surface area contributed by atoms with E-state index in [-0.39, 0.29) is 6.42 Å². The molecular weight excluding hydrogens is 703 g/mol. The van der Waals surface area contributed by atoms with Gasteiger partial charge < -0.3 is 5.11 Å². The van der Waals surface area contributed by atoms with Crippen LogP contribution in [0.3, 0.4) is 0 Å². The predicted molar refractivity (Wildman–Crippen MR) is 227 cm³/mol. The highest BCUT2D eigenvalue weighted by Crippen LogP contribution is 2.50. The van der Waals surface area contributed by atoms with E-state index in [0.717, 1.165) is 31.3 Å². The third-order valence-electron chi connectivity index (χ3n) is 10.2. The number of carboxylic acid groups (broad SMARTS) is 1. The lowest BCUT2D eigenvalue weighted by atomic mass is 9.95. The summed E-state index contributed by atoms with van der Waals surface area (Å²) in [6.45, 7) is 13.4. The van der Waals surface area contributed by atoms with Crippen molar-refractivity contribution in [1.82, 2.24) is 0 Å². The zero-order chi connectivity index (χ0) is 36.5. The molecule has 1 aliphatic carbocycles. The Morgan fingerprint density at radius 3 is 2.18 bits per heavy atom. The first-order valence-corrected chi connectivity index (χ1v) is 22.4. The van der Waals surface area contributed by atoms with Crippen LogP contribution in [0.4, 0.5) is 0 Å². The topological polar surface area (TPSA) is 61.1 Å². The van der Waals surface area contributed by atoms with Crippen molar-refractivity contribution < 1.29 is 9.90 Å². The molecule has 0 amide bonds. The van der Waals surface area contributed by atoms with Crippen molar-refractivity contribution in [2.24, 2.45) is 11.8 Å². The Hall–Kier alpha value is -2.76. The highest BCUT2D eigenvalue weighted by atomic mass is 32.1. The number of thiophene rings is 4. The smallest absolute Gasteiger partial charge is 0.321 e. The third kappa shape index (κ3) is 9.82. The standard InChI is InChI=1S/C44H55NO2S4/c1-7-10-12-14-16-32-25-38(51-41(32)31-20-18-28(4)19-21-31)42-33(17-15-13-11-8-2)24-35(49-42)36-26-39-43(50-36)40(30(6)9-3)37(48-39)23-29(5)22-34(27-45)44(46)47/h18,20-21,23-26,28,30,34H,7-17,19,22H2,1-6H3,(H,46,47)/b29-23+. The molecule has 4 aromatic heterocycles. The van der Waals surface area contributed by atoms with Crippen LogP contribution in [0.15, 0.2) is 42.0 Å². The fourth-order valence-corrected chi connectivity index (χ4v) is 12.5. The number of nitriles is 1. The van der Waals surface area contributed by atoms with Gasteiger partial charge in [-0.2, -0.15) is 5.26 Å². The molecule has 0 saturated carbocycles. The number of hydrogen-bond donors (Lipinski definition) is 1. The van der Waals surface area contributed by atoms with Gasteiger partial charge in [-0.15, -0.1) is 45.3 Å². The maximum absolute atomic E-state index is 11.5. The minimum absolute atomic E-state index is 0.249. The Morgan fingerprint density at radius 2 is 1.57 bits per heavy atom. The molecule has 0 aromatic carbocycles. The summed E-state index contributed by atoms with van der Waals surface area (Å²) >= 11 is 7.73. The number of carboxylic acids is 1. The van der Waals surface area contributed by atoms with Gasteiger partial charge in [-0.05, 0) is 110 Å². The van der Waals surface area contributed by atoms with Crippen molar-refractivity contribution in [1.29, 1.82) is 5.26 Å². The summed E-state index contributed by atoms with van der Waals surface area (Å²) in [6.07, 6.45) is 24.2. The van der Waals surface area contributed by atoms with Crippen molar-refractivity contribution in [3.05, 3.63) is 68.4 Å². The third-order valence-corrected chi connectivity index (χ3v) is 15.3. The van der Waals surface area contributed by atoms with Gasteiger partial charge in [0.2, 0.25) is 0 Å². The van der Waals surface area contributed by atoms with Gasteiger partial charge >= 0.3 is 5.97 Å². The molecule has 272 valence electrons. The average Bonchev–Trinajstić information content (AvgIpc) is 3.90. The van der Waals surface area contributed by atoms with E-state index >= 15 is 0 Å². The molecule has 3 atom stereocenters. The van der Waals surface area contributed by atoms with Crippen LogP contribution in [0.2, 0.25) is 0 Å². The largest absolute Gasteiger partial charge is 0.480 e. The Bertz CT molecular complexity index is 1920. The van der Waals surface area contributed by atoms with E-state index in [2.05, 4.69) is 77.1 Å². The Balaban J connectivity index is 1.54. The van der Waals surface area contributed by atoms with Crippen LogP contribution in [0.1, 0.15) is 145 Å². The number of aryl methyl sites for hydroxylation is 2. The lowest BCUT2D eigenvalue weighted by Gasteiger charge is -2.12. The summed E-state index contributed by atoms with van der Waals surface area (Å²) in [6, 6.07) is 9.39. The molecule has 1 N–H and O–H groups in total. The number of fused-ring (bicyclic) bond motifs is 1. The van der Waals surface area contributed by atoms with E-state index in [1.54, 1.807) is 0 Å². The van der Waals surface area contributed by atoms with Gasteiger partial charge in [0.1, 0.15) is 5.92 Å². The molecule has 0 spiro atoms. The first-order valence-electron chi connectivity index (χ1n) is 19.2. The van der Waals surface area contributed by atoms with E-state index in [9.17, 15) is 15.2 Å². The molecule has 1 aliphatic rings. The van der Waals surface area contributed by atoms with E-state index in [1.165, 1.54) is 112 Å². The number of rotatable bonds is 19. The monoisotopic (exact) mass is 757 g/mol. The molecule has 3 unspecified atom stereocenters. The minimum atomic E-state index is -1.05. The number of allylic oxidation sites excluding steroid dienone is 5. The van der Waals surface area contributed by atoms with Crippen molar-refractivity contribution in [2.45, 2.75) is 131 Å². The zero-order valence-corrected chi connectivity index (χ0v) is 34.7. The van der Waals surface area contributed by atoms with Crippen LogP contribution < -0.4 is 0 Å². The van der Waals surface area contributed by atoms with Gasteiger partial charge in [0.05, 0.1) is 6.07 Å². The molecular formula is C44H55NO2S4. The molecule has 4 heterocycles. The van der Waals surface area contributed by atoms with Gasteiger partial charge in [-0.1, -0.05) is 96.9 Å². The maximum atomic E-state index is 11.5. The Labute approximate surface area is 322 Å². The quantitative estimate of drug-likeness (QED) is 0.0969. The molecule has 0 radical (unpaired) electrons. The van der Waals surface area contributed by atoms with Gasteiger partial charge in [0, 0.05) is 38.7 Å². The van der Waals surface area contributed by atoms with Gasteiger partial charge in [-0.3, -0.25) is 4.79 Å². The molecule has 4 aromatic rings. The molecule has 7 heteroatoms. The van der Waals surface area contributed by atoms with Crippen molar-refractivity contribution in [2.75, 3.05) is 0 Å². The molecule has 0 saturated heterocycles. The van der Waals surface area contributed by atoms with Gasteiger partial charge in [-0.25, -0.2) is 0 Å². The zero-order valence-electron chi connectivity index (χ0n) is 31.4. The highest BCUT2D eigenvalue weighted by molar-refractivity contribution is 7.32. The second kappa shape index (κ2) is 18.8. The van der Waals surface area contributed by atoms with Crippen LogP contribution in [0, 0.1) is 23.2 Å². The first kappa shape index (κ1) is 39.4. The lowest BCUT2D eigenvalue weighted by Crippen LogP contribution is -2.11. The van der Waals surface area contributed by atoms with Crippen LogP contribution in [0.25, 0.3) is 40.6 Å². The fraction of sp³-hybridized carbons (Fsp3) is 0.500. The normalized spacial score (nSPS) is 16.1. The number of aliphatic carboxylic acids is 1. The summed E-state index contributed by atoms with van der Waals surface area (Å²) in [5.41, 5.74) is 6.75. The van der Waals surface area contributed by atoms with Crippen molar-refractivity contribution in [3.63, 3.8) is 0 Å². The van der Waals surface area contributed by atoms with Crippen molar-refractivity contribution in [3.8, 4) is 25.6 Å². The van der Waals surface area contributed by atoms with E-state index in [1.807, 2.05) is 58.3 Å².